The van der Waals surface area contributed by atoms with Gasteiger partial charge in [-0.1, -0.05) is 34.1 Å². The van der Waals surface area contributed by atoms with Crippen molar-refractivity contribution >= 4 is 17.4 Å². The Hall–Kier alpha value is -3.26. The predicted octanol–water partition coefficient (Wildman–Crippen LogP) is 3.36. The van der Waals surface area contributed by atoms with E-state index in [0.29, 0.717) is 10.8 Å². The van der Waals surface area contributed by atoms with Crippen LogP contribution in [0.3, 0.4) is 0 Å². The Morgan fingerprint density at radius 2 is 1.84 bits per heavy atom. The number of hydrogen-bond acceptors (Lipinski definition) is 6. The number of hydrogen-bond donors (Lipinski definition) is 1. The maximum Gasteiger partial charge on any atom is 0.282 e. The molecule has 0 spiro atoms. The van der Waals surface area contributed by atoms with Crippen LogP contribution in [0.25, 0.3) is 28.7 Å². The molecule has 2 heterocycles. The first-order valence-corrected chi connectivity index (χ1v) is 7.57. The van der Waals surface area contributed by atoms with Gasteiger partial charge in [-0.15, -0.1) is 5.10 Å². The molecule has 25 heavy (non-hydrogen) atoms. The van der Waals surface area contributed by atoms with E-state index < -0.39 is 5.82 Å². The van der Waals surface area contributed by atoms with E-state index in [2.05, 4.69) is 20.5 Å². The van der Waals surface area contributed by atoms with Crippen molar-refractivity contribution in [3.05, 3.63) is 59.4 Å². The molecule has 7 nitrogen and oxygen atoms in total. The Balaban J connectivity index is 1.72. The summed E-state index contributed by atoms with van der Waals surface area (Å²) in [5.41, 5.74) is 7.11. The molecule has 0 unspecified atom stereocenters. The number of anilines is 1. The molecule has 0 radical (unpaired) electrons. The summed E-state index contributed by atoms with van der Waals surface area (Å²) in [6.45, 7) is 0. The molecule has 0 fully saturated rings. The standard InChI is InChI=1S/C16H10ClFN6O/c17-10-7-5-9(6-8-10)15-20-16(25-22-15)13-14(19)24(23-21-13)12-4-2-1-3-11(12)18/h1-8H,19H2. The van der Waals surface area contributed by atoms with Gasteiger partial charge in [-0.25, -0.2) is 4.39 Å². The summed E-state index contributed by atoms with van der Waals surface area (Å²) in [5.74, 6) is 0.0611. The van der Waals surface area contributed by atoms with Crippen molar-refractivity contribution in [3.63, 3.8) is 0 Å². The second-order valence-corrected chi connectivity index (χ2v) is 5.55. The van der Waals surface area contributed by atoms with Gasteiger partial charge in [-0.2, -0.15) is 9.67 Å². The molecule has 0 atom stereocenters. The number of para-hydroxylation sites is 1. The number of halogens is 2. The summed E-state index contributed by atoms with van der Waals surface area (Å²) in [4.78, 5) is 4.26. The second kappa shape index (κ2) is 5.99. The number of aromatic nitrogens is 5. The molecule has 0 amide bonds. The molecule has 2 aromatic carbocycles. The molecule has 0 aliphatic carbocycles. The lowest BCUT2D eigenvalue weighted by molar-refractivity contribution is 0.431. The molecule has 0 saturated carbocycles. The van der Waals surface area contributed by atoms with Crippen LogP contribution in [-0.4, -0.2) is 25.1 Å². The molecule has 124 valence electrons. The maximum atomic E-state index is 13.9. The molecular formula is C16H10ClFN6O. The molecule has 2 aromatic heterocycles. The lowest BCUT2D eigenvalue weighted by atomic mass is 10.2. The average Bonchev–Trinajstić information content (AvgIpc) is 3.23. The van der Waals surface area contributed by atoms with Crippen LogP contribution in [-0.2, 0) is 0 Å². The third kappa shape index (κ3) is 2.72. The largest absolute Gasteiger partial charge is 0.382 e. The highest BCUT2D eigenvalue weighted by Crippen LogP contribution is 2.27. The van der Waals surface area contributed by atoms with E-state index >= 15 is 0 Å². The molecule has 0 aliphatic heterocycles. The van der Waals surface area contributed by atoms with Gasteiger partial charge in [0.25, 0.3) is 5.89 Å². The molecule has 0 bridgehead atoms. The number of rotatable bonds is 3. The van der Waals surface area contributed by atoms with Crippen LogP contribution in [0.4, 0.5) is 10.2 Å². The zero-order chi connectivity index (χ0) is 17.4. The zero-order valence-corrected chi connectivity index (χ0v) is 13.4. The molecule has 9 heteroatoms. The highest BCUT2D eigenvalue weighted by Gasteiger charge is 2.20. The van der Waals surface area contributed by atoms with Crippen LogP contribution < -0.4 is 5.73 Å². The molecule has 0 aliphatic rings. The first kappa shape index (κ1) is 15.3. The highest BCUT2D eigenvalue weighted by atomic mass is 35.5. The van der Waals surface area contributed by atoms with E-state index in [-0.39, 0.29) is 23.1 Å². The van der Waals surface area contributed by atoms with Crippen molar-refractivity contribution in [2.45, 2.75) is 0 Å². The van der Waals surface area contributed by atoms with Crippen molar-refractivity contribution in [1.29, 1.82) is 0 Å². The summed E-state index contributed by atoms with van der Waals surface area (Å²) >= 11 is 5.86. The van der Waals surface area contributed by atoms with Crippen LogP contribution in [0.2, 0.25) is 5.02 Å². The fourth-order valence-electron chi connectivity index (χ4n) is 2.28. The summed E-state index contributed by atoms with van der Waals surface area (Å²) in [6.07, 6.45) is 0. The smallest absolute Gasteiger partial charge is 0.282 e. The minimum absolute atomic E-state index is 0.0880. The van der Waals surface area contributed by atoms with Gasteiger partial charge in [0.2, 0.25) is 5.82 Å². The highest BCUT2D eigenvalue weighted by molar-refractivity contribution is 6.30. The third-order valence-electron chi connectivity index (χ3n) is 3.52. The van der Waals surface area contributed by atoms with E-state index in [4.69, 9.17) is 21.9 Å². The van der Waals surface area contributed by atoms with Gasteiger partial charge in [0.1, 0.15) is 11.5 Å². The Kier molecular flexibility index (Phi) is 3.66. The first-order chi connectivity index (χ1) is 12.1. The first-order valence-electron chi connectivity index (χ1n) is 7.19. The van der Waals surface area contributed by atoms with E-state index in [1.807, 2.05) is 0 Å². The van der Waals surface area contributed by atoms with Gasteiger partial charge < -0.3 is 10.3 Å². The van der Waals surface area contributed by atoms with Crippen molar-refractivity contribution in [2.75, 3.05) is 5.73 Å². The molecule has 4 rings (SSSR count). The normalized spacial score (nSPS) is 11.0. The van der Waals surface area contributed by atoms with Crippen LogP contribution in [0, 0.1) is 5.82 Å². The second-order valence-electron chi connectivity index (χ2n) is 5.12. The fraction of sp³-hybridized carbons (Fsp3) is 0. The predicted molar refractivity (Wildman–Crippen MR) is 89.5 cm³/mol. The number of nitrogens with two attached hydrogens (primary N) is 1. The van der Waals surface area contributed by atoms with E-state index in [0.717, 1.165) is 5.56 Å². The van der Waals surface area contributed by atoms with E-state index in [1.165, 1.54) is 16.8 Å². The molecule has 2 N–H and O–H groups in total. The summed E-state index contributed by atoms with van der Waals surface area (Å²) in [6, 6.07) is 13.0. The number of benzene rings is 2. The lowest BCUT2D eigenvalue weighted by Crippen LogP contribution is -2.04. The Morgan fingerprint density at radius 3 is 2.60 bits per heavy atom. The molecular weight excluding hydrogens is 347 g/mol. The van der Waals surface area contributed by atoms with Gasteiger partial charge in [0, 0.05) is 10.6 Å². The van der Waals surface area contributed by atoms with Crippen molar-refractivity contribution < 1.29 is 8.91 Å². The quantitative estimate of drug-likeness (QED) is 0.604. The van der Waals surface area contributed by atoms with Crippen LogP contribution >= 0.6 is 11.6 Å². The van der Waals surface area contributed by atoms with Crippen LogP contribution in [0.15, 0.2) is 53.1 Å². The van der Waals surface area contributed by atoms with Crippen LogP contribution in [0.5, 0.6) is 0 Å². The monoisotopic (exact) mass is 356 g/mol. The van der Waals surface area contributed by atoms with E-state index in [9.17, 15) is 4.39 Å². The minimum atomic E-state index is -0.474. The van der Waals surface area contributed by atoms with Gasteiger partial charge in [-0.05, 0) is 36.4 Å². The average molecular weight is 357 g/mol. The van der Waals surface area contributed by atoms with E-state index in [1.54, 1.807) is 36.4 Å². The SMILES string of the molecule is Nc1c(-c2nc(-c3ccc(Cl)cc3)no2)nnn1-c1ccccc1F. The van der Waals surface area contributed by atoms with Gasteiger partial charge >= 0.3 is 0 Å². The van der Waals surface area contributed by atoms with Gasteiger partial charge in [-0.3, -0.25) is 0 Å². The topological polar surface area (TPSA) is 95.7 Å². The Morgan fingerprint density at radius 1 is 1.08 bits per heavy atom. The van der Waals surface area contributed by atoms with Crippen molar-refractivity contribution in [2.24, 2.45) is 0 Å². The minimum Gasteiger partial charge on any atom is -0.382 e. The Bertz CT molecular complexity index is 1040. The lowest BCUT2D eigenvalue weighted by Gasteiger charge is -2.03. The van der Waals surface area contributed by atoms with Crippen LogP contribution in [0.1, 0.15) is 0 Å². The van der Waals surface area contributed by atoms with Gasteiger partial charge in [0.15, 0.2) is 11.5 Å². The Labute approximate surface area is 145 Å². The van der Waals surface area contributed by atoms with Crippen molar-refractivity contribution in [3.8, 4) is 28.7 Å². The van der Waals surface area contributed by atoms with Gasteiger partial charge in [0.05, 0.1) is 0 Å². The summed E-state index contributed by atoms with van der Waals surface area (Å²) in [5, 5.41) is 12.3. The number of nitrogen functional groups attached to an aromatic ring is 1. The molecule has 4 aromatic rings. The summed E-state index contributed by atoms with van der Waals surface area (Å²) < 4.78 is 20.3. The van der Waals surface area contributed by atoms with Crippen molar-refractivity contribution in [1.82, 2.24) is 25.1 Å². The zero-order valence-electron chi connectivity index (χ0n) is 12.6. The fourth-order valence-corrected chi connectivity index (χ4v) is 2.40. The molecule has 0 saturated heterocycles. The number of nitrogens with zero attached hydrogens (tertiary/aromatic N) is 5. The summed E-state index contributed by atoms with van der Waals surface area (Å²) in [7, 11) is 0. The maximum absolute atomic E-state index is 13.9. The third-order valence-corrected chi connectivity index (χ3v) is 3.77.